The highest BCUT2D eigenvalue weighted by Gasteiger charge is 2.21. The van der Waals surface area contributed by atoms with Crippen molar-refractivity contribution in [2.24, 2.45) is 5.73 Å². The molecule has 0 fully saturated rings. The van der Waals surface area contributed by atoms with Crippen molar-refractivity contribution in [3.05, 3.63) is 15.8 Å². The second kappa shape index (κ2) is 7.82. The molecule has 10 heteroatoms. The molecule has 116 valence electrons. The van der Waals surface area contributed by atoms with Gasteiger partial charge in [-0.15, -0.1) is 0 Å². The quantitative estimate of drug-likeness (QED) is 0.366. The van der Waals surface area contributed by atoms with Crippen LogP contribution in [-0.4, -0.2) is 40.7 Å². The highest BCUT2D eigenvalue weighted by Crippen LogP contribution is 2.26. The second-order valence-corrected chi connectivity index (χ2v) is 4.11. The Balaban J connectivity index is 2.88. The molecular formula is C11H18N6O4. The van der Waals surface area contributed by atoms with E-state index in [1.54, 1.807) is 0 Å². The zero-order chi connectivity index (χ0) is 15.8. The van der Waals surface area contributed by atoms with Crippen molar-refractivity contribution in [1.29, 1.82) is 0 Å². The number of hydrogen-bond donors (Lipinski definition) is 3. The molecule has 0 aromatic carbocycles. The van der Waals surface area contributed by atoms with E-state index in [1.165, 1.54) is 6.92 Å². The predicted molar refractivity (Wildman–Crippen MR) is 76.2 cm³/mol. The van der Waals surface area contributed by atoms with Gasteiger partial charge in [-0.1, -0.05) is 6.92 Å². The van der Waals surface area contributed by atoms with Crippen LogP contribution in [-0.2, 0) is 4.74 Å². The fraction of sp³-hybridized carbons (Fsp3) is 0.545. The molecule has 0 spiro atoms. The van der Waals surface area contributed by atoms with Crippen LogP contribution >= 0.6 is 0 Å². The number of primary amides is 1. The number of aryl methyl sites for hydroxylation is 1. The Labute approximate surface area is 121 Å². The molecule has 0 saturated carbocycles. The minimum atomic E-state index is -0.907. The highest BCUT2D eigenvalue weighted by atomic mass is 16.6. The van der Waals surface area contributed by atoms with E-state index in [0.29, 0.717) is 12.5 Å². The van der Waals surface area contributed by atoms with Crippen molar-refractivity contribution in [1.82, 2.24) is 9.97 Å². The first-order valence-corrected chi connectivity index (χ1v) is 6.38. The van der Waals surface area contributed by atoms with E-state index in [2.05, 4.69) is 25.3 Å². The molecule has 0 atom stereocenters. The molecule has 21 heavy (non-hydrogen) atoms. The normalized spacial score (nSPS) is 10.0. The number of carbonyl (C=O) groups excluding carboxylic acids is 1. The Morgan fingerprint density at radius 3 is 2.67 bits per heavy atom. The number of nitrogens with two attached hydrogens (primary N) is 1. The van der Waals surface area contributed by atoms with Crippen LogP contribution in [0.3, 0.4) is 0 Å². The van der Waals surface area contributed by atoms with E-state index in [-0.39, 0.29) is 30.4 Å². The summed E-state index contributed by atoms with van der Waals surface area (Å²) in [5.41, 5.74) is 4.85. The Morgan fingerprint density at radius 1 is 1.38 bits per heavy atom. The lowest BCUT2D eigenvalue weighted by atomic mass is 10.3. The fourth-order valence-corrected chi connectivity index (χ4v) is 1.55. The maximum absolute atomic E-state index is 11.1. The van der Waals surface area contributed by atoms with E-state index >= 15 is 0 Å². The van der Waals surface area contributed by atoms with Crippen LogP contribution in [0.5, 0.6) is 0 Å². The molecule has 1 aromatic heterocycles. The molecule has 10 nitrogen and oxygen atoms in total. The largest absolute Gasteiger partial charge is 0.448 e. The van der Waals surface area contributed by atoms with Gasteiger partial charge in [-0.25, -0.2) is 9.78 Å². The monoisotopic (exact) mass is 298 g/mol. The van der Waals surface area contributed by atoms with Crippen molar-refractivity contribution < 1.29 is 14.5 Å². The molecule has 0 unspecified atom stereocenters. The lowest BCUT2D eigenvalue weighted by molar-refractivity contribution is -0.385. The van der Waals surface area contributed by atoms with Gasteiger partial charge in [-0.3, -0.25) is 10.1 Å². The SMILES string of the molecule is CCCNc1nc(C)c([N+](=O)[O-])c(NCCOC(N)=O)n1. The number of anilines is 2. The van der Waals surface area contributed by atoms with Gasteiger partial charge in [0.15, 0.2) is 0 Å². The van der Waals surface area contributed by atoms with E-state index < -0.39 is 11.0 Å². The summed E-state index contributed by atoms with van der Waals surface area (Å²) in [6.45, 7) is 4.29. The highest BCUT2D eigenvalue weighted by molar-refractivity contribution is 5.64. The zero-order valence-corrected chi connectivity index (χ0v) is 11.9. The Hall–Kier alpha value is -2.65. The summed E-state index contributed by atoms with van der Waals surface area (Å²) in [5, 5.41) is 16.8. The van der Waals surface area contributed by atoms with Crippen LogP contribution in [0, 0.1) is 17.0 Å². The maximum atomic E-state index is 11.1. The lowest BCUT2D eigenvalue weighted by Crippen LogP contribution is -2.19. The van der Waals surface area contributed by atoms with E-state index in [1.807, 2.05) is 6.92 Å². The summed E-state index contributed by atoms with van der Waals surface area (Å²) in [7, 11) is 0. The Bertz CT molecular complexity index is 522. The van der Waals surface area contributed by atoms with Crippen molar-refractivity contribution in [3.63, 3.8) is 0 Å². The van der Waals surface area contributed by atoms with Crippen LogP contribution in [0.2, 0.25) is 0 Å². The number of hydrogen-bond acceptors (Lipinski definition) is 8. The Kier molecular flexibility index (Phi) is 6.11. The number of nitro groups is 1. The Morgan fingerprint density at radius 2 is 2.10 bits per heavy atom. The van der Waals surface area contributed by atoms with Crippen molar-refractivity contribution in [2.75, 3.05) is 30.3 Å². The van der Waals surface area contributed by atoms with Gasteiger partial charge in [0.05, 0.1) is 11.5 Å². The topological polar surface area (TPSA) is 145 Å². The van der Waals surface area contributed by atoms with Crippen molar-refractivity contribution in [3.8, 4) is 0 Å². The number of nitrogens with one attached hydrogen (secondary N) is 2. The third-order valence-electron chi connectivity index (χ3n) is 2.41. The van der Waals surface area contributed by atoms with Crippen LogP contribution in [0.15, 0.2) is 0 Å². The average Bonchev–Trinajstić information content (AvgIpc) is 2.40. The van der Waals surface area contributed by atoms with Crippen LogP contribution in [0.1, 0.15) is 19.0 Å². The first-order chi connectivity index (χ1) is 9.95. The molecule has 0 radical (unpaired) electrons. The van der Waals surface area contributed by atoms with Crippen LogP contribution in [0.4, 0.5) is 22.2 Å². The number of amides is 1. The first kappa shape index (κ1) is 16.4. The molecule has 0 aliphatic carbocycles. The average molecular weight is 298 g/mol. The minimum absolute atomic E-state index is 0.0206. The number of rotatable bonds is 8. The molecule has 1 heterocycles. The number of carbonyl (C=O) groups is 1. The summed E-state index contributed by atoms with van der Waals surface area (Å²) < 4.78 is 4.54. The van der Waals surface area contributed by atoms with Crippen LogP contribution in [0.25, 0.3) is 0 Å². The van der Waals surface area contributed by atoms with E-state index in [0.717, 1.165) is 6.42 Å². The molecular weight excluding hydrogens is 280 g/mol. The smallest absolute Gasteiger partial charge is 0.404 e. The summed E-state index contributed by atoms with van der Waals surface area (Å²) in [6, 6.07) is 0. The third-order valence-corrected chi connectivity index (χ3v) is 2.41. The van der Waals surface area contributed by atoms with Crippen molar-refractivity contribution >= 4 is 23.5 Å². The summed E-state index contributed by atoms with van der Waals surface area (Å²) in [4.78, 5) is 29.1. The van der Waals surface area contributed by atoms with E-state index in [4.69, 9.17) is 5.73 Å². The standard InChI is InChI=1S/C11H18N6O4/c1-3-4-14-11-15-7(2)8(17(19)20)9(16-11)13-5-6-21-10(12)18/h3-6H2,1-2H3,(H2,12,18)(H2,13,14,15,16). The molecule has 1 amide bonds. The molecule has 0 aliphatic heterocycles. The van der Waals surface area contributed by atoms with Gasteiger partial charge >= 0.3 is 11.8 Å². The van der Waals surface area contributed by atoms with Crippen molar-refractivity contribution in [2.45, 2.75) is 20.3 Å². The number of aromatic nitrogens is 2. The maximum Gasteiger partial charge on any atom is 0.404 e. The van der Waals surface area contributed by atoms with E-state index in [9.17, 15) is 14.9 Å². The third kappa shape index (κ3) is 5.09. The molecule has 0 bridgehead atoms. The van der Waals surface area contributed by atoms with Gasteiger partial charge in [-0.2, -0.15) is 4.98 Å². The van der Waals surface area contributed by atoms with Crippen LogP contribution < -0.4 is 16.4 Å². The van der Waals surface area contributed by atoms with Gasteiger partial charge in [0, 0.05) is 6.54 Å². The zero-order valence-electron chi connectivity index (χ0n) is 11.9. The predicted octanol–water partition coefficient (Wildman–Crippen LogP) is 1.02. The van der Waals surface area contributed by atoms with Gasteiger partial charge in [-0.05, 0) is 13.3 Å². The summed E-state index contributed by atoms with van der Waals surface area (Å²) in [5.74, 6) is 0.373. The first-order valence-electron chi connectivity index (χ1n) is 6.38. The lowest BCUT2D eigenvalue weighted by Gasteiger charge is -2.10. The molecule has 4 N–H and O–H groups in total. The van der Waals surface area contributed by atoms with Gasteiger partial charge in [0.25, 0.3) is 0 Å². The summed E-state index contributed by atoms with van der Waals surface area (Å²) >= 11 is 0. The minimum Gasteiger partial charge on any atom is -0.448 e. The molecule has 0 aliphatic rings. The van der Waals surface area contributed by atoms with Gasteiger partial charge in [0.1, 0.15) is 12.3 Å². The molecule has 1 rings (SSSR count). The van der Waals surface area contributed by atoms with Gasteiger partial charge < -0.3 is 21.1 Å². The fourth-order valence-electron chi connectivity index (χ4n) is 1.55. The summed E-state index contributed by atoms with van der Waals surface area (Å²) in [6.07, 6.45) is -0.0373. The number of ether oxygens (including phenoxy) is 1. The second-order valence-electron chi connectivity index (χ2n) is 4.11. The molecule has 0 saturated heterocycles. The molecule has 1 aromatic rings. The van der Waals surface area contributed by atoms with Gasteiger partial charge in [0.2, 0.25) is 11.8 Å². The number of nitrogens with zero attached hydrogens (tertiary/aromatic N) is 3.